The van der Waals surface area contributed by atoms with Crippen molar-refractivity contribution >= 4 is 21.9 Å². The van der Waals surface area contributed by atoms with Gasteiger partial charge in [0.2, 0.25) is 0 Å². The van der Waals surface area contributed by atoms with Crippen molar-refractivity contribution in [1.29, 1.82) is 0 Å². The minimum atomic E-state index is -0.824. The van der Waals surface area contributed by atoms with Crippen molar-refractivity contribution < 1.29 is 47.2 Å². The van der Waals surface area contributed by atoms with Gasteiger partial charge in [0.15, 0.2) is 0 Å². The van der Waals surface area contributed by atoms with Gasteiger partial charge in [0.05, 0.1) is 0 Å². The van der Waals surface area contributed by atoms with Crippen molar-refractivity contribution in [2.45, 2.75) is 11.8 Å². The Morgan fingerprint density at radius 3 is 2.00 bits per heavy atom. The second-order valence-electron chi connectivity index (χ2n) is 0.954. The van der Waals surface area contributed by atoms with E-state index in [-0.39, 0.29) is 37.3 Å². The molecular weight excluding hydrogens is 315 g/mol. The predicted molar refractivity (Wildman–Crippen MR) is 26.0 cm³/mol. The van der Waals surface area contributed by atoms with Crippen molar-refractivity contribution in [1.82, 2.24) is 0 Å². The molecule has 7 heavy (non-hydrogen) atoms. The molecule has 2 nitrogen and oxygen atoms in total. The zero-order chi connectivity index (χ0) is 5.15. The second kappa shape index (κ2) is 5.34. The Bertz CT molecular complexity index is 64.0. The zero-order valence-corrected chi connectivity index (χ0v) is 7.04. The molecular formula is C3H5BrErO2. The summed E-state index contributed by atoms with van der Waals surface area (Å²) in [5.74, 6) is -0.824. The Morgan fingerprint density at radius 2 is 2.00 bits per heavy atom. The minimum absolute atomic E-state index is 0. The molecule has 0 saturated heterocycles. The monoisotopic (exact) mass is 318 g/mol. The Morgan fingerprint density at radius 1 is 1.86 bits per heavy atom. The quantitative estimate of drug-likeness (QED) is 0.728. The molecule has 0 aromatic rings. The van der Waals surface area contributed by atoms with E-state index in [0.717, 1.165) is 0 Å². The fourth-order valence-corrected chi connectivity index (χ4v) is 0. The van der Waals surface area contributed by atoms with Gasteiger partial charge < -0.3 is 5.11 Å². The number of alkyl halides is 1. The molecule has 4 heteroatoms. The first-order valence-electron chi connectivity index (χ1n) is 1.51. The van der Waals surface area contributed by atoms with Crippen molar-refractivity contribution in [3.05, 3.63) is 0 Å². The molecule has 0 spiro atoms. The first-order chi connectivity index (χ1) is 2.64. The first kappa shape index (κ1) is 11.1. The molecule has 0 amide bonds. The SMILES string of the molecule is CC(Br)C(=O)O.[Er]. The van der Waals surface area contributed by atoms with Crippen LogP contribution in [0, 0.1) is 37.3 Å². The Labute approximate surface area is 80.0 Å². The van der Waals surface area contributed by atoms with Crippen molar-refractivity contribution in [3.8, 4) is 0 Å². The van der Waals surface area contributed by atoms with E-state index >= 15 is 0 Å². The zero-order valence-electron chi connectivity index (χ0n) is 3.60. The van der Waals surface area contributed by atoms with Crippen LogP contribution in [0.25, 0.3) is 0 Å². The Kier molecular flexibility index (Phi) is 8.43. The maximum Gasteiger partial charge on any atom is 0.316 e. The summed E-state index contributed by atoms with van der Waals surface area (Å²) in [6.07, 6.45) is 0. The fraction of sp³-hybridized carbons (Fsp3) is 0.667. The number of hydrogen-bond donors (Lipinski definition) is 1. The van der Waals surface area contributed by atoms with Crippen LogP contribution < -0.4 is 0 Å². The van der Waals surface area contributed by atoms with Gasteiger partial charge in [-0.3, -0.25) is 4.79 Å². The summed E-state index contributed by atoms with van der Waals surface area (Å²) in [5.41, 5.74) is 0. The molecule has 0 saturated carbocycles. The van der Waals surface area contributed by atoms with Gasteiger partial charge in [0.25, 0.3) is 0 Å². The van der Waals surface area contributed by atoms with Crippen molar-refractivity contribution in [3.63, 3.8) is 0 Å². The number of rotatable bonds is 1. The molecule has 48 valence electrons. The predicted octanol–water partition coefficient (Wildman–Crippen LogP) is 0.854. The number of halogens is 1. The van der Waals surface area contributed by atoms with E-state index in [0.29, 0.717) is 0 Å². The normalized spacial score (nSPS) is 11.7. The summed E-state index contributed by atoms with van der Waals surface area (Å²) in [7, 11) is 0. The maximum atomic E-state index is 9.65. The maximum absolute atomic E-state index is 9.65. The Hall–Kier alpha value is 1.20. The van der Waals surface area contributed by atoms with Gasteiger partial charge in [-0.25, -0.2) is 0 Å². The van der Waals surface area contributed by atoms with Gasteiger partial charge in [-0.1, -0.05) is 15.9 Å². The fourth-order valence-electron chi connectivity index (χ4n) is 0. The molecule has 0 aliphatic heterocycles. The Balaban J connectivity index is 0. The molecule has 0 aliphatic rings. The van der Waals surface area contributed by atoms with Gasteiger partial charge in [-0.05, 0) is 6.92 Å². The largest absolute Gasteiger partial charge is 0.480 e. The van der Waals surface area contributed by atoms with Crippen LogP contribution in [0.3, 0.4) is 0 Å². The molecule has 1 N–H and O–H groups in total. The molecule has 0 radical (unpaired) electrons. The van der Waals surface area contributed by atoms with Crippen molar-refractivity contribution in [2.24, 2.45) is 0 Å². The van der Waals surface area contributed by atoms with E-state index in [1.807, 2.05) is 0 Å². The van der Waals surface area contributed by atoms with Gasteiger partial charge in [0.1, 0.15) is 4.83 Å². The average Bonchev–Trinajstić information content (AvgIpc) is 1.36. The molecule has 0 fully saturated rings. The molecule has 0 aliphatic carbocycles. The number of aliphatic carboxylic acids is 1. The standard InChI is InChI=1S/C3H5BrO2.Er/c1-2(4)3(5)6;/h2H,1H3,(H,5,6);. The summed E-state index contributed by atoms with van der Waals surface area (Å²) < 4.78 is 0. The summed E-state index contributed by atoms with van der Waals surface area (Å²) in [4.78, 5) is 9.23. The third kappa shape index (κ3) is 7.20. The van der Waals surface area contributed by atoms with E-state index in [1.54, 1.807) is 6.92 Å². The van der Waals surface area contributed by atoms with E-state index < -0.39 is 10.8 Å². The molecule has 0 bridgehead atoms. The molecule has 1 unspecified atom stereocenters. The molecule has 0 aromatic carbocycles. The summed E-state index contributed by atoms with van der Waals surface area (Å²) in [5, 5.41) is 7.94. The van der Waals surface area contributed by atoms with Gasteiger partial charge in [-0.2, -0.15) is 0 Å². The first-order valence-corrected chi connectivity index (χ1v) is 2.43. The van der Waals surface area contributed by atoms with E-state index in [2.05, 4.69) is 15.9 Å². The van der Waals surface area contributed by atoms with Crippen LogP contribution in [0.1, 0.15) is 6.92 Å². The van der Waals surface area contributed by atoms with Crippen LogP contribution in [0.2, 0.25) is 0 Å². The smallest absolute Gasteiger partial charge is 0.316 e. The summed E-state index contributed by atoms with van der Waals surface area (Å²) in [6.45, 7) is 1.56. The van der Waals surface area contributed by atoms with Gasteiger partial charge in [0, 0.05) is 37.3 Å². The number of carbonyl (C=O) groups is 1. The molecule has 0 rings (SSSR count). The van der Waals surface area contributed by atoms with Crippen LogP contribution in [0.5, 0.6) is 0 Å². The minimum Gasteiger partial charge on any atom is -0.480 e. The van der Waals surface area contributed by atoms with E-state index in [9.17, 15) is 4.79 Å². The van der Waals surface area contributed by atoms with E-state index in [1.165, 1.54) is 0 Å². The van der Waals surface area contributed by atoms with Crippen LogP contribution in [-0.4, -0.2) is 15.9 Å². The second-order valence-corrected chi connectivity index (χ2v) is 2.33. The number of carboxylic acid groups (broad SMARTS) is 1. The summed E-state index contributed by atoms with van der Waals surface area (Å²) >= 11 is 2.84. The van der Waals surface area contributed by atoms with E-state index in [4.69, 9.17) is 5.11 Å². The molecule has 0 heterocycles. The van der Waals surface area contributed by atoms with Crippen molar-refractivity contribution in [2.75, 3.05) is 0 Å². The third-order valence-electron chi connectivity index (χ3n) is 0.340. The summed E-state index contributed by atoms with van der Waals surface area (Å²) in [6, 6.07) is 0. The topological polar surface area (TPSA) is 37.3 Å². The van der Waals surface area contributed by atoms with Crippen LogP contribution in [0.15, 0.2) is 0 Å². The number of carboxylic acids is 1. The molecule has 1 atom stereocenters. The van der Waals surface area contributed by atoms with Crippen LogP contribution in [0.4, 0.5) is 0 Å². The third-order valence-corrected chi connectivity index (χ3v) is 0.732. The number of hydrogen-bond acceptors (Lipinski definition) is 1. The average molecular weight is 320 g/mol. The van der Waals surface area contributed by atoms with Crippen LogP contribution >= 0.6 is 15.9 Å². The van der Waals surface area contributed by atoms with Gasteiger partial charge >= 0.3 is 5.97 Å². The van der Waals surface area contributed by atoms with Gasteiger partial charge in [-0.15, -0.1) is 0 Å². The van der Waals surface area contributed by atoms with Crippen LogP contribution in [-0.2, 0) is 4.79 Å². The molecule has 0 aromatic heterocycles.